The summed E-state index contributed by atoms with van der Waals surface area (Å²) in [5, 5.41) is 14.2. The van der Waals surface area contributed by atoms with Crippen LogP contribution < -0.4 is 19.5 Å². The number of aromatic nitrogens is 1. The molecule has 0 fully saturated rings. The van der Waals surface area contributed by atoms with Crippen molar-refractivity contribution < 1.29 is 28.8 Å². The summed E-state index contributed by atoms with van der Waals surface area (Å²) in [5.41, 5.74) is 1.85. The summed E-state index contributed by atoms with van der Waals surface area (Å²) in [5.74, 6) is 2.25. The maximum absolute atomic E-state index is 11.5. The number of carbonyl (C=O) groups is 1. The fourth-order valence-corrected chi connectivity index (χ4v) is 3.75. The van der Waals surface area contributed by atoms with Crippen LogP contribution in [0.4, 0.5) is 0 Å². The average molecular weight is 517 g/mol. The topological polar surface area (TPSA) is 99.1 Å². The molecule has 1 atom stereocenters. The molecule has 1 aromatic heterocycles. The molecule has 8 heteroatoms. The predicted molar refractivity (Wildman–Crippen MR) is 145 cm³/mol. The molecule has 0 radical (unpaired) electrons. The van der Waals surface area contributed by atoms with Crippen molar-refractivity contribution in [2.24, 2.45) is 0 Å². The average Bonchev–Trinajstić information content (AvgIpc) is 2.95. The molecule has 0 spiro atoms. The number of hydrogen-bond acceptors (Lipinski definition) is 8. The van der Waals surface area contributed by atoms with Crippen LogP contribution in [-0.2, 0) is 16.0 Å². The monoisotopic (exact) mass is 516 g/mol. The van der Waals surface area contributed by atoms with Crippen LogP contribution in [0.2, 0.25) is 0 Å². The second-order valence-electron chi connectivity index (χ2n) is 8.56. The first-order valence-corrected chi connectivity index (χ1v) is 12.6. The lowest BCUT2D eigenvalue weighted by Crippen LogP contribution is -2.32. The zero-order valence-electron chi connectivity index (χ0n) is 21.3. The van der Waals surface area contributed by atoms with Crippen LogP contribution in [0.1, 0.15) is 12.5 Å². The van der Waals surface area contributed by atoms with Gasteiger partial charge in [0.2, 0.25) is 0 Å². The van der Waals surface area contributed by atoms with E-state index in [1.807, 2.05) is 66.7 Å². The second-order valence-corrected chi connectivity index (χ2v) is 8.56. The number of aliphatic hydroxyl groups is 1. The number of fused-ring (bicyclic) bond motifs is 1. The molecule has 0 saturated carbocycles. The molecule has 3 aromatic carbocycles. The van der Waals surface area contributed by atoms with Crippen LogP contribution in [0.25, 0.3) is 10.9 Å². The van der Waals surface area contributed by atoms with Crippen molar-refractivity contribution in [3.8, 4) is 23.0 Å². The minimum Gasteiger partial charge on any atom is -0.491 e. The summed E-state index contributed by atoms with van der Waals surface area (Å²) in [6.07, 6.45) is 1.91. The maximum atomic E-state index is 11.5. The summed E-state index contributed by atoms with van der Waals surface area (Å²) < 4.78 is 22.1. The second kappa shape index (κ2) is 14.0. The van der Waals surface area contributed by atoms with E-state index < -0.39 is 12.1 Å². The molecule has 4 rings (SSSR count). The van der Waals surface area contributed by atoms with Gasteiger partial charge in [0, 0.05) is 24.2 Å². The summed E-state index contributed by atoms with van der Waals surface area (Å²) in [4.78, 5) is 15.9. The number of para-hydroxylation sites is 1. The number of carbonyl (C=O) groups excluding carboxylic acids is 1. The number of nitrogens with one attached hydrogen (secondary N) is 1. The van der Waals surface area contributed by atoms with E-state index in [0.29, 0.717) is 35.9 Å². The summed E-state index contributed by atoms with van der Waals surface area (Å²) >= 11 is 0. The van der Waals surface area contributed by atoms with E-state index >= 15 is 0 Å². The Kier molecular flexibility index (Phi) is 9.89. The third-order valence-corrected chi connectivity index (χ3v) is 5.64. The number of aliphatic hydroxyl groups excluding tert-OH is 1. The van der Waals surface area contributed by atoms with Crippen LogP contribution in [0.5, 0.6) is 23.0 Å². The SMILES string of the molecule is CCOC(=O)COc1ccc2c(Oc3ccc(CCNC[C@H](O)COc4ccccc4)cc3)ccnc2c1. The molecule has 0 saturated heterocycles. The number of esters is 1. The summed E-state index contributed by atoms with van der Waals surface area (Å²) in [6.45, 7) is 3.35. The van der Waals surface area contributed by atoms with Gasteiger partial charge < -0.3 is 29.4 Å². The quantitative estimate of drug-likeness (QED) is 0.186. The van der Waals surface area contributed by atoms with Crippen molar-refractivity contribution in [3.63, 3.8) is 0 Å². The molecule has 198 valence electrons. The van der Waals surface area contributed by atoms with Gasteiger partial charge in [0.15, 0.2) is 6.61 Å². The number of nitrogens with zero attached hydrogens (tertiary/aromatic N) is 1. The van der Waals surface area contributed by atoms with E-state index in [9.17, 15) is 9.90 Å². The first-order valence-electron chi connectivity index (χ1n) is 12.6. The molecule has 4 aromatic rings. The van der Waals surface area contributed by atoms with Crippen LogP contribution in [0.3, 0.4) is 0 Å². The van der Waals surface area contributed by atoms with E-state index in [1.165, 1.54) is 0 Å². The smallest absolute Gasteiger partial charge is 0.344 e. The van der Waals surface area contributed by atoms with Gasteiger partial charge in [-0.25, -0.2) is 4.79 Å². The number of benzene rings is 3. The van der Waals surface area contributed by atoms with Gasteiger partial charge in [-0.2, -0.15) is 0 Å². The molecule has 0 unspecified atom stereocenters. The number of rotatable bonds is 14. The molecular weight excluding hydrogens is 484 g/mol. The van der Waals surface area contributed by atoms with E-state index in [4.69, 9.17) is 18.9 Å². The highest BCUT2D eigenvalue weighted by molar-refractivity contribution is 5.86. The van der Waals surface area contributed by atoms with Gasteiger partial charge in [-0.15, -0.1) is 0 Å². The zero-order chi connectivity index (χ0) is 26.6. The fraction of sp³-hybridized carbons (Fsp3) is 0.267. The Labute approximate surface area is 222 Å². The highest BCUT2D eigenvalue weighted by Crippen LogP contribution is 2.31. The van der Waals surface area contributed by atoms with Gasteiger partial charge in [-0.1, -0.05) is 30.3 Å². The molecule has 1 heterocycles. The molecule has 0 bridgehead atoms. The molecule has 38 heavy (non-hydrogen) atoms. The van der Waals surface area contributed by atoms with Crippen LogP contribution in [0, 0.1) is 0 Å². The van der Waals surface area contributed by atoms with Gasteiger partial charge in [-0.05, 0) is 67.9 Å². The molecule has 8 nitrogen and oxygen atoms in total. The van der Waals surface area contributed by atoms with Gasteiger partial charge in [-0.3, -0.25) is 4.98 Å². The van der Waals surface area contributed by atoms with Crippen LogP contribution in [-0.4, -0.2) is 55.1 Å². The minimum atomic E-state index is -0.582. The first kappa shape index (κ1) is 26.9. The van der Waals surface area contributed by atoms with E-state index in [-0.39, 0.29) is 13.2 Å². The highest BCUT2D eigenvalue weighted by atomic mass is 16.6. The molecule has 0 aliphatic heterocycles. The Morgan fingerprint density at radius 2 is 1.74 bits per heavy atom. The van der Waals surface area contributed by atoms with Crippen LogP contribution in [0.15, 0.2) is 85.1 Å². The van der Waals surface area contributed by atoms with Gasteiger partial charge >= 0.3 is 5.97 Å². The lowest BCUT2D eigenvalue weighted by molar-refractivity contribution is -0.145. The maximum Gasteiger partial charge on any atom is 0.344 e. The van der Waals surface area contributed by atoms with E-state index in [2.05, 4.69) is 10.3 Å². The Hall–Kier alpha value is -4.14. The van der Waals surface area contributed by atoms with Crippen molar-refractivity contribution >= 4 is 16.9 Å². The Morgan fingerprint density at radius 3 is 2.53 bits per heavy atom. The normalized spacial score (nSPS) is 11.6. The molecule has 0 aliphatic carbocycles. The van der Waals surface area contributed by atoms with Crippen LogP contribution >= 0.6 is 0 Å². The predicted octanol–water partition coefficient (Wildman–Crippen LogP) is 4.54. The van der Waals surface area contributed by atoms with E-state index in [1.54, 1.807) is 25.3 Å². The lowest BCUT2D eigenvalue weighted by atomic mass is 10.1. The van der Waals surface area contributed by atoms with Crippen molar-refractivity contribution in [3.05, 3.63) is 90.6 Å². The molecule has 2 N–H and O–H groups in total. The van der Waals surface area contributed by atoms with Crippen molar-refractivity contribution in [2.45, 2.75) is 19.4 Å². The third-order valence-electron chi connectivity index (χ3n) is 5.64. The third kappa shape index (κ3) is 8.19. The molecule has 0 amide bonds. The van der Waals surface area contributed by atoms with Crippen molar-refractivity contribution in [2.75, 3.05) is 32.9 Å². The standard InChI is InChI=1S/C30H32N2O6/c1-2-35-30(34)21-37-26-12-13-27-28(18-26)32-17-15-29(27)38-25-10-8-22(9-11-25)14-16-31-19-23(33)20-36-24-6-4-3-5-7-24/h3-13,15,17-18,23,31,33H,2,14,16,19-21H2,1H3/t23-/m0/s1. The minimum absolute atomic E-state index is 0.152. The number of ether oxygens (including phenoxy) is 4. The van der Waals surface area contributed by atoms with Gasteiger partial charge in [0.05, 0.1) is 12.1 Å². The van der Waals surface area contributed by atoms with Crippen molar-refractivity contribution in [1.82, 2.24) is 10.3 Å². The number of hydrogen-bond donors (Lipinski definition) is 2. The van der Waals surface area contributed by atoms with Gasteiger partial charge in [0.25, 0.3) is 0 Å². The van der Waals surface area contributed by atoms with Gasteiger partial charge in [0.1, 0.15) is 35.7 Å². The highest BCUT2D eigenvalue weighted by Gasteiger charge is 2.09. The largest absolute Gasteiger partial charge is 0.491 e. The van der Waals surface area contributed by atoms with Crippen molar-refractivity contribution in [1.29, 1.82) is 0 Å². The Bertz CT molecular complexity index is 1300. The first-order chi connectivity index (χ1) is 18.6. The lowest BCUT2D eigenvalue weighted by Gasteiger charge is -2.13. The summed E-state index contributed by atoms with van der Waals surface area (Å²) in [7, 11) is 0. The summed E-state index contributed by atoms with van der Waals surface area (Å²) in [6, 6.07) is 24.6. The van der Waals surface area contributed by atoms with E-state index in [0.717, 1.165) is 29.7 Å². The Morgan fingerprint density at radius 1 is 0.947 bits per heavy atom. The zero-order valence-corrected chi connectivity index (χ0v) is 21.3. The fourth-order valence-electron chi connectivity index (χ4n) is 3.75. The number of pyridine rings is 1. The molecule has 0 aliphatic rings. The molecular formula is C30H32N2O6. The Balaban J connectivity index is 1.23.